The van der Waals surface area contributed by atoms with Crippen LogP contribution in [0.3, 0.4) is 0 Å². The third kappa shape index (κ3) is 31.9. The van der Waals surface area contributed by atoms with Crippen molar-refractivity contribution < 1.29 is 15.0 Å². The molecule has 0 aliphatic heterocycles. The highest BCUT2D eigenvalue weighted by Crippen LogP contribution is 1.67. The zero-order chi connectivity index (χ0) is 7.70. The topological polar surface area (TPSA) is 57.5 Å². The molecule has 0 aromatic carbocycles. The molecule has 3 nitrogen and oxygen atoms in total. The fourth-order valence-corrected chi connectivity index (χ4v) is 0. The molecule has 0 aliphatic carbocycles. The van der Waals surface area contributed by atoms with Crippen LogP contribution in [0.5, 0.6) is 0 Å². The summed E-state index contributed by atoms with van der Waals surface area (Å²) in [6.07, 6.45) is 0. The summed E-state index contributed by atoms with van der Waals surface area (Å²) >= 11 is 9.67. The maximum absolute atomic E-state index is 9.24. The van der Waals surface area contributed by atoms with Gasteiger partial charge in [-0.1, -0.05) is 0 Å². The van der Waals surface area contributed by atoms with Crippen molar-refractivity contribution in [2.24, 2.45) is 0 Å². The van der Waals surface area contributed by atoms with E-state index < -0.39 is 5.97 Å². The number of alkyl halides is 2. The Labute approximate surface area is 63.2 Å². The van der Waals surface area contributed by atoms with Gasteiger partial charge in [0, 0.05) is 5.88 Å². The third-order valence-electron chi connectivity index (χ3n) is 0.199. The van der Waals surface area contributed by atoms with Gasteiger partial charge in [0.2, 0.25) is 0 Å². The number of hydrogen-bond donors (Lipinski definition) is 2. The van der Waals surface area contributed by atoms with E-state index in [2.05, 4.69) is 0 Å². The summed E-state index contributed by atoms with van der Waals surface area (Å²) in [5.74, 6) is -0.938. The van der Waals surface area contributed by atoms with E-state index in [1.807, 2.05) is 0 Å². The van der Waals surface area contributed by atoms with Gasteiger partial charge in [0.05, 0.1) is 6.61 Å². The summed E-state index contributed by atoms with van der Waals surface area (Å²) in [6, 6.07) is 0. The van der Waals surface area contributed by atoms with Crippen molar-refractivity contribution in [3.63, 3.8) is 0 Å². The zero-order valence-electron chi connectivity index (χ0n) is 4.68. The van der Waals surface area contributed by atoms with Crippen LogP contribution in [-0.4, -0.2) is 34.5 Å². The van der Waals surface area contributed by atoms with E-state index in [0.29, 0.717) is 5.88 Å². The summed E-state index contributed by atoms with van der Waals surface area (Å²) < 4.78 is 0. The molecule has 0 radical (unpaired) electrons. The molecule has 2 N–H and O–H groups in total. The van der Waals surface area contributed by atoms with Crippen molar-refractivity contribution in [2.45, 2.75) is 0 Å². The highest BCUT2D eigenvalue weighted by Gasteiger charge is 1.83. The monoisotopic (exact) mass is 174 g/mol. The fourth-order valence-electron chi connectivity index (χ4n) is 0. The number of rotatable bonds is 2. The molecule has 0 aliphatic rings. The largest absolute Gasteiger partial charge is 0.480 e. The van der Waals surface area contributed by atoms with Crippen LogP contribution in [0.1, 0.15) is 0 Å². The van der Waals surface area contributed by atoms with E-state index in [4.69, 9.17) is 33.4 Å². The highest BCUT2D eigenvalue weighted by molar-refractivity contribution is 6.26. The molecule has 0 amide bonds. The van der Waals surface area contributed by atoms with Crippen molar-refractivity contribution in [3.05, 3.63) is 0 Å². The van der Waals surface area contributed by atoms with Crippen LogP contribution in [0, 0.1) is 0 Å². The van der Waals surface area contributed by atoms with E-state index in [1.165, 1.54) is 0 Å². The number of hydrogen-bond acceptors (Lipinski definition) is 2. The number of carboxylic acid groups (broad SMARTS) is 1. The third-order valence-corrected chi connectivity index (χ3v) is 0.596. The molecule has 0 saturated carbocycles. The van der Waals surface area contributed by atoms with Gasteiger partial charge >= 0.3 is 5.97 Å². The first-order valence-electron chi connectivity index (χ1n) is 2.13. The Bertz CT molecular complexity index is 64.8. The summed E-state index contributed by atoms with van der Waals surface area (Å²) in [5.41, 5.74) is 0. The van der Waals surface area contributed by atoms with E-state index in [0.717, 1.165) is 0 Å². The predicted octanol–water partition coefficient (Wildman–Crippen LogP) is 0.527. The smallest absolute Gasteiger partial charge is 0.318 e. The molecule has 0 saturated heterocycles. The molecule has 0 unspecified atom stereocenters. The number of carboxylic acids is 1. The summed E-state index contributed by atoms with van der Waals surface area (Å²) in [7, 11) is 0. The van der Waals surface area contributed by atoms with E-state index >= 15 is 0 Å². The lowest BCUT2D eigenvalue weighted by Crippen LogP contribution is -1.92. The Morgan fingerprint density at radius 1 is 1.44 bits per heavy atom. The highest BCUT2D eigenvalue weighted by atomic mass is 35.5. The van der Waals surface area contributed by atoms with E-state index in [-0.39, 0.29) is 12.5 Å². The molecule has 0 heterocycles. The van der Waals surface area contributed by atoms with Gasteiger partial charge in [-0.2, -0.15) is 0 Å². The van der Waals surface area contributed by atoms with Crippen molar-refractivity contribution in [2.75, 3.05) is 18.4 Å². The summed E-state index contributed by atoms with van der Waals surface area (Å²) in [5, 5.41) is 15.3. The standard InChI is InChI=1S/C2H3ClO2.C2H5ClO/c3-1-2(4)5;3-1-2-4/h1H2,(H,4,5);4H,1-2H2. The quantitative estimate of drug-likeness (QED) is 0.601. The van der Waals surface area contributed by atoms with Crippen LogP contribution < -0.4 is 0 Å². The average molecular weight is 175 g/mol. The van der Waals surface area contributed by atoms with Gasteiger partial charge < -0.3 is 10.2 Å². The lowest BCUT2D eigenvalue weighted by molar-refractivity contribution is -0.134. The minimum absolute atomic E-state index is 0.0849. The average Bonchev–Trinajstić information content (AvgIpc) is 1.89. The van der Waals surface area contributed by atoms with Gasteiger partial charge in [0.25, 0.3) is 0 Å². The molecule has 0 atom stereocenters. The number of carbonyl (C=O) groups is 1. The summed E-state index contributed by atoms with van der Waals surface area (Å²) in [6.45, 7) is 0.0849. The molecule has 0 fully saturated rings. The molecule has 0 bridgehead atoms. The molecule has 5 heteroatoms. The molecular formula is C4H8Cl2O3. The van der Waals surface area contributed by atoms with E-state index in [1.54, 1.807) is 0 Å². The van der Waals surface area contributed by atoms with Crippen molar-refractivity contribution in [3.8, 4) is 0 Å². The maximum atomic E-state index is 9.24. The number of aliphatic carboxylic acids is 1. The second kappa shape index (κ2) is 10.9. The molecule has 0 aromatic heterocycles. The first-order valence-corrected chi connectivity index (χ1v) is 3.20. The van der Waals surface area contributed by atoms with Crippen molar-refractivity contribution in [1.82, 2.24) is 0 Å². The van der Waals surface area contributed by atoms with Crippen LogP contribution in [0.15, 0.2) is 0 Å². The minimum Gasteiger partial charge on any atom is -0.480 e. The van der Waals surface area contributed by atoms with Gasteiger partial charge in [0.1, 0.15) is 5.88 Å². The molecule has 0 aromatic rings. The Kier molecular flexibility index (Phi) is 14.2. The Morgan fingerprint density at radius 3 is 1.67 bits per heavy atom. The van der Waals surface area contributed by atoms with Crippen molar-refractivity contribution in [1.29, 1.82) is 0 Å². The number of aliphatic hydroxyl groups is 1. The van der Waals surface area contributed by atoms with Crippen LogP contribution in [-0.2, 0) is 4.79 Å². The van der Waals surface area contributed by atoms with Crippen LogP contribution in [0.4, 0.5) is 0 Å². The zero-order valence-corrected chi connectivity index (χ0v) is 6.19. The first kappa shape index (κ1) is 11.8. The number of halogens is 2. The SMILES string of the molecule is O=C(O)CCl.OCCCl. The normalized spacial score (nSPS) is 7.44. The Balaban J connectivity index is 0. The lowest BCUT2D eigenvalue weighted by Gasteiger charge is -1.69. The molecule has 0 rings (SSSR count). The van der Waals surface area contributed by atoms with E-state index in [9.17, 15) is 4.79 Å². The molecular weight excluding hydrogens is 167 g/mol. The molecule has 56 valence electrons. The minimum atomic E-state index is -0.980. The molecule has 9 heavy (non-hydrogen) atoms. The summed E-state index contributed by atoms with van der Waals surface area (Å²) in [4.78, 5) is 9.24. The second-order valence-electron chi connectivity index (χ2n) is 0.940. The predicted molar refractivity (Wildman–Crippen MR) is 36.2 cm³/mol. The van der Waals surface area contributed by atoms with Crippen LogP contribution in [0.2, 0.25) is 0 Å². The fraction of sp³-hybridized carbons (Fsp3) is 0.750. The second-order valence-corrected chi connectivity index (χ2v) is 1.59. The van der Waals surface area contributed by atoms with Gasteiger partial charge in [-0.25, -0.2) is 0 Å². The van der Waals surface area contributed by atoms with Gasteiger partial charge in [-0.15, -0.1) is 23.2 Å². The van der Waals surface area contributed by atoms with Gasteiger partial charge in [0.15, 0.2) is 0 Å². The first-order chi connectivity index (χ1) is 4.18. The Morgan fingerprint density at radius 2 is 1.67 bits per heavy atom. The van der Waals surface area contributed by atoms with Crippen LogP contribution >= 0.6 is 23.2 Å². The van der Waals surface area contributed by atoms with Crippen LogP contribution in [0.25, 0.3) is 0 Å². The maximum Gasteiger partial charge on any atom is 0.318 e. The van der Waals surface area contributed by atoms with Gasteiger partial charge in [-0.3, -0.25) is 4.79 Å². The van der Waals surface area contributed by atoms with Crippen molar-refractivity contribution >= 4 is 29.2 Å². The molecule has 0 spiro atoms. The Hall–Kier alpha value is 0.01000. The number of aliphatic hydroxyl groups excluding tert-OH is 1. The lowest BCUT2D eigenvalue weighted by atomic mass is 10.8. The van der Waals surface area contributed by atoms with Gasteiger partial charge in [-0.05, 0) is 0 Å².